The van der Waals surface area contributed by atoms with Crippen LogP contribution in [-0.4, -0.2) is 48.3 Å². The lowest BCUT2D eigenvalue weighted by atomic mass is 9.80. The molecule has 0 aromatic carbocycles. The quantitative estimate of drug-likeness (QED) is 0.846. The number of fused-ring (bicyclic) bond motifs is 2. The molecule has 3 rings (SSSR count). The van der Waals surface area contributed by atoms with E-state index in [0.717, 1.165) is 31.3 Å². The van der Waals surface area contributed by atoms with Crippen LogP contribution in [0.1, 0.15) is 58.8 Å². The molecule has 1 N–H and O–H groups in total. The molecule has 0 saturated carbocycles. The lowest BCUT2D eigenvalue weighted by molar-refractivity contribution is -0.0552. The molecule has 0 radical (unpaired) electrons. The Morgan fingerprint density at radius 2 is 1.89 bits per heavy atom. The Kier molecular flexibility index (Phi) is 4.45. The molecule has 0 aliphatic carbocycles. The molecule has 3 fully saturated rings. The summed E-state index contributed by atoms with van der Waals surface area (Å²) in [7, 11) is 0. The highest BCUT2D eigenvalue weighted by molar-refractivity contribution is 4.98. The maximum atomic E-state index is 5.95. The summed E-state index contributed by atoms with van der Waals surface area (Å²) in [6.45, 7) is 6.75. The minimum Gasteiger partial charge on any atom is -0.377 e. The van der Waals surface area contributed by atoms with Crippen molar-refractivity contribution < 1.29 is 4.74 Å². The van der Waals surface area contributed by atoms with E-state index in [-0.39, 0.29) is 0 Å². The van der Waals surface area contributed by atoms with Gasteiger partial charge in [0.2, 0.25) is 0 Å². The predicted molar refractivity (Wildman–Crippen MR) is 78.4 cm³/mol. The Morgan fingerprint density at radius 1 is 1.16 bits per heavy atom. The van der Waals surface area contributed by atoms with Gasteiger partial charge in [-0.1, -0.05) is 13.3 Å². The number of nitrogens with zero attached hydrogens (tertiary/aromatic N) is 1. The molecule has 3 heterocycles. The minimum atomic E-state index is 0.499. The van der Waals surface area contributed by atoms with E-state index in [1.807, 2.05) is 0 Å². The lowest BCUT2D eigenvalue weighted by Gasteiger charge is -2.52. The number of hydrogen-bond acceptors (Lipinski definition) is 3. The molecule has 4 unspecified atom stereocenters. The fourth-order valence-corrected chi connectivity index (χ4v) is 4.71. The van der Waals surface area contributed by atoms with Crippen LogP contribution in [-0.2, 0) is 4.74 Å². The van der Waals surface area contributed by atoms with E-state index in [0.29, 0.717) is 12.1 Å². The first-order chi connectivity index (χ1) is 9.29. The van der Waals surface area contributed by atoms with Crippen molar-refractivity contribution in [3.63, 3.8) is 0 Å². The second-order valence-corrected chi connectivity index (χ2v) is 6.70. The van der Waals surface area contributed by atoms with E-state index in [1.165, 1.54) is 44.9 Å². The van der Waals surface area contributed by atoms with Crippen LogP contribution in [0.4, 0.5) is 0 Å². The number of nitrogens with one attached hydrogen (secondary N) is 1. The molecule has 4 atom stereocenters. The zero-order chi connectivity index (χ0) is 13.2. The minimum absolute atomic E-state index is 0.499. The summed E-state index contributed by atoms with van der Waals surface area (Å²) in [5, 5.41) is 3.68. The van der Waals surface area contributed by atoms with Crippen LogP contribution < -0.4 is 5.32 Å². The molecule has 3 aliphatic rings. The smallest absolute Gasteiger partial charge is 0.0728 e. The van der Waals surface area contributed by atoms with E-state index < -0.39 is 0 Å². The van der Waals surface area contributed by atoms with Gasteiger partial charge in [-0.15, -0.1) is 0 Å². The number of piperidine rings is 2. The van der Waals surface area contributed by atoms with Crippen molar-refractivity contribution >= 4 is 0 Å². The first kappa shape index (κ1) is 13.8. The summed E-state index contributed by atoms with van der Waals surface area (Å²) in [5.41, 5.74) is 0. The third-order valence-corrected chi connectivity index (χ3v) is 5.50. The van der Waals surface area contributed by atoms with Crippen molar-refractivity contribution in [1.29, 1.82) is 0 Å². The van der Waals surface area contributed by atoms with Gasteiger partial charge in [0.1, 0.15) is 0 Å². The molecular weight excluding hydrogens is 236 g/mol. The second kappa shape index (κ2) is 6.11. The molecule has 3 heteroatoms. The fraction of sp³-hybridized carbons (Fsp3) is 1.00. The van der Waals surface area contributed by atoms with Crippen molar-refractivity contribution in [1.82, 2.24) is 10.2 Å². The molecule has 2 bridgehead atoms. The van der Waals surface area contributed by atoms with Crippen LogP contribution in [0, 0.1) is 0 Å². The predicted octanol–water partition coefficient (Wildman–Crippen LogP) is 2.55. The van der Waals surface area contributed by atoms with Crippen molar-refractivity contribution in [2.24, 2.45) is 0 Å². The monoisotopic (exact) mass is 266 g/mol. The van der Waals surface area contributed by atoms with Gasteiger partial charge < -0.3 is 10.1 Å². The number of hydrogen-bond donors (Lipinski definition) is 1. The zero-order valence-corrected chi connectivity index (χ0v) is 12.6. The second-order valence-electron chi connectivity index (χ2n) is 6.70. The highest BCUT2D eigenvalue weighted by Gasteiger charge is 2.42. The molecule has 0 aromatic heterocycles. The molecule has 3 nitrogen and oxygen atoms in total. The first-order valence-electron chi connectivity index (χ1n) is 8.42. The van der Waals surface area contributed by atoms with Gasteiger partial charge in [-0.3, -0.25) is 4.90 Å². The van der Waals surface area contributed by atoms with Crippen molar-refractivity contribution in [3.05, 3.63) is 0 Å². The summed E-state index contributed by atoms with van der Waals surface area (Å²) in [4.78, 5) is 2.84. The van der Waals surface area contributed by atoms with Crippen LogP contribution in [0.5, 0.6) is 0 Å². The zero-order valence-electron chi connectivity index (χ0n) is 12.6. The van der Waals surface area contributed by atoms with Crippen molar-refractivity contribution in [2.45, 2.75) is 89.1 Å². The topological polar surface area (TPSA) is 24.5 Å². The molecule has 19 heavy (non-hydrogen) atoms. The van der Waals surface area contributed by atoms with Crippen LogP contribution in [0.15, 0.2) is 0 Å². The molecule has 3 saturated heterocycles. The van der Waals surface area contributed by atoms with Gasteiger partial charge in [0.05, 0.1) is 6.10 Å². The molecule has 0 spiro atoms. The van der Waals surface area contributed by atoms with Crippen molar-refractivity contribution in [3.8, 4) is 0 Å². The summed E-state index contributed by atoms with van der Waals surface area (Å²) < 4.78 is 5.95. The van der Waals surface area contributed by atoms with Gasteiger partial charge in [0.15, 0.2) is 0 Å². The Bertz CT molecular complexity index is 276. The first-order valence-corrected chi connectivity index (χ1v) is 8.42. The average molecular weight is 266 g/mol. The van der Waals surface area contributed by atoms with E-state index in [9.17, 15) is 0 Å². The molecule has 0 aromatic rings. The van der Waals surface area contributed by atoms with Gasteiger partial charge in [-0.05, 0) is 52.0 Å². The third kappa shape index (κ3) is 2.84. The lowest BCUT2D eigenvalue weighted by Crippen LogP contribution is -2.61. The molecule has 110 valence electrons. The Hall–Kier alpha value is -0.120. The third-order valence-electron chi connectivity index (χ3n) is 5.50. The average Bonchev–Trinajstić information content (AvgIpc) is 2.91. The van der Waals surface area contributed by atoms with Crippen LogP contribution >= 0.6 is 0 Å². The standard InChI is InChI=1S/C16H30N2O/c1-3-17-13-10-14-6-4-7-15(11-13)18(14)12(2)16-8-5-9-19-16/h12-17H,3-11H2,1-2H3. The Balaban J connectivity index is 1.67. The van der Waals surface area contributed by atoms with Gasteiger partial charge in [0, 0.05) is 30.8 Å². The number of ether oxygens (including phenoxy) is 1. The summed E-state index contributed by atoms with van der Waals surface area (Å²) in [6, 6.07) is 2.99. The van der Waals surface area contributed by atoms with E-state index >= 15 is 0 Å². The summed E-state index contributed by atoms with van der Waals surface area (Å²) in [5.74, 6) is 0. The van der Waals surface area contributed by atoms with Gasteiger partial charge in [0.25, 0.3) is 0 Å². The Morgan fingerprint density at radius 3 is 2.47 bits per heavy atom. The van der Waals surface area contributed by atoms with E-state index in [2.05, 4.69) is 24.1 Å². The maximum absolute atomic E-state index is 5.95. The van der Waals surface area contributed by atoms with E-state index in [1.54, 1.807) is 0 Å². The summed E-state index contributed by atoms with van der Waals surface area (Å²) in [6.07, 6.45) is 9.96. The molecular formula is C16H30N2O. The SMILES string of the molecule is CCNC1CC2CCCC(C1)N2C(C)C1CCCO1. The highest BCUT2D eigenvalue weighted by Crippen LogP contribution is 2.37. The maximum Gasteiger partial charge on any atom is 0.0728 e. The van der Waals surface area contributed by atoms with Gasteiger partial charge in [-0.2, -0.15) is 0 Å². The largest absolute Gasteiger partial charge is 0.377 e. The normalized spacial score (nSPS) is 41.4. The van der Waals surface area contributed by atoms with Crippen LogP contribution in [0.3, 0.4) is 0 Å². The molecule has 0 amide bonds. The van der Waals surface area contributed by atoms with Crippen LogP contribution in [0.2, 0.25) is 0 Å². The number of rotatable bonds is 4. The van der Waals surface area contributed by atoms with Crippen LogP contribution in [0.25, 0.3) is 0 Å². The van der Waals surface area contributed by atoms with E-state index in [4.69, 9.17) is 4.74 Å². The van der Waals surface area contributed by atoms with Gasteiger partial charge in [-0.25, -0.2) is 0 Å². The molecule has 3 aliphatic heterocycles. The highest BCUT2D eigenvalue weighted by atomic mass is 16.5. The fourth-order valence-electron chi connectivity index (χ4n) is 4.71. The van der Waals surface area contributed by atoms with Gasteiger partial charge >= 0.3 is 0 Å². The Labute approximate surface area is 118 Å². The van der Waals surface area contributed by atoms with Crippen molar-refractivity contribution in [2.75, 3.05) is 13.2 Å². The summed E-state index contributed by atoms with van der Waals surface area (Å²) >= 11 is 0.